The lowest BCUT2D eigenvalue weighted by molar-refractivity contribution is -0.385. The van der Waals surface area contributed by atoms with Crippen LogP contribution in [0.5, 0.6) is 5.75 Å². The average Bonchev–Trinajstić information content (AvgIpc) is 2.16. The zero-order valence-corrected chi connectivity index (χ0v) is 8.19. The highest BCUT2D eigenvalue weighted by Crippen LogP contribution is 2.27. The summed E-state index contributed by atoms with van der Waals surface area (Å²) in [6, 6.07) is 4.42. The minimum absolute atomic E-state index is 0.00547. The van der Waals surface area contributed by atoms with Gasteiger partial charge in [-0.15, -0.1) is 0 Å². The van der Waals surface area contributed by atoms with Gasteiger partial charge in [-0.1, -0.05) is 6.07 Å². The fourth-order valence-electron chi connectivity index (χ4n) is 1.20. The molecule has 0 unspecified atom stereocenters. The summed E-state index contributed by atoms with van der Waals surface area (Å²) in [7, 11) is 1.36. The molecule has 0 aliphatic heterocycles. The van der Waals surface area contributed by atoms with Crippen molar-refractivity contribution in [3.8, 4) is 5.75 Å². The molecule has 6 heteroatoms. The molecule has 0 saturated carbocycles. The van der Waals surface area contributed by atoms with Crippen molar-refractivity contribution < 1.29 is 9.66 Å². The van der Waals surface area contributed by atoms with Crippen molar-refractivity contribution in [2.45, 2.75) is 6.42 Å². The van der Waals surface area contributed by atoms with Crippen LogP contribution in [0.4, 0.5) is 5.69 Å². The fourth-order valence-corrected chi connectivity index (χ4v) is 1.20. The molecule has 0 bridgehead atoms. The molecule has 80 valence electrons. The number of nitrogens with zero attached hydrogens (tertiary/aromatic N) is 1. The monoisotopic (exact) mass is 209 g/mol. The van der Waals surface area contributed by atoms with E-state index in [0.29, 0.717) is 5.56 Å². The maximum absolute atomic E-state index is 10.6. The van der Waals surface area contributed by atoms with Crippen LogP contribution in [0, 0.1) is 15.5 Å². The van der Waals surface area contributed by atoms with Crippen LogP contribution in [0.15, 0.2) is 18.2 Å². The maximum Gasteiger partial charge on any atom is 0.310 e. The van der Waals surface area contributed by atoms with E-state index in [1.807, 2.05) is 0 Å². The third-order valence-corrected chi connectivity index (χ3v) is 1.84. The molecular formula is C9H11N3O3. The van der Waals surface area contributed by atoms with Gasteiger partial charge in [0.1, 0.15) is 0 Å². The van der Waals surface area contributed by atoms with Crippen molar-refractivity contribution in [1.82, 2.24) is 0 Å². The Kier molecular flexibility index (Phi) is 3.22. The van der Waals surface area contributed by atoms with Gasteiger partial charge in [0.15, 0.2) is 5.75 Å². The Morgan fingerprint density at radius 3 is 2.80 bits per heavy atom. The first kappa shape index (κ1) is 11.0. The van der Waals surface area contributed by atoms with Crippen molar-refractivity contribution in [3.05, 3.63) is 33.9 Å². The zero-order chi connectivity index (χ0) is 11.4. The van der Waals surface area contributed by atoms with E-state index in [1.165, 1.54) is 19.2 Å². The third-order valence-electron chi connectivity index (χ3n) is 1.84. The lowest BCUT2D eigenvalue weighted by Crippen LogP contribution is -2.12. The number of nitrogens with two attached hydrogens (primary N) is 1. The van der Waals surface area contributed by atoms with E-state index in [-0.39, 0.29) is 23.7 Å². The summed E-state index contributed by atoms with van der Waals surface area (Å²) >= 11 is 0. The number of nitro groups is 1. The highest BCUT2D eigenvalue weighted by atomic mass is 16.6. The highest BCUT2D eigenvalue weighted by molar-refractivity contribution is 5.79. The summed E-state index contributed by atoms with van der Waals surface area (Å²) < 4.78 is 4.88. The van der Waals surface area contributed by atoms with Crippen LogP contribution in [0.3, 0.4) is 0 Å². The molecule has 1 aromatic rings. The topological polar surface area (TPSA) is 102 Å². The van der Waals surface area contributed by atoms with Crippen molar-refractivity contribution in [3.63, 3.8) is 0 Å². The van der Waals surface area contributed by atoms with E-state index < -0.39 is 4.92 Å². The van der Waals surface area contributed by atoms with Gasteiger partial charge in [0.05, 0.1) is 17.9 Å². The van der Waals surface area contributed by atoms with Crippen LogP contribution < -0.4 is 10.5 Å². The van der Waals surface area contributed by atoms with E-state index in [2.05, 4.69) is 0 Å². The molecule has 0 aliphatic carbocycles. The Balaban J connectivity index is 3.07. The third kappa shape index (κ3) is 2.67. The van der Waals surface area contributed by atoms with Crippen LogP contribution in [-0.4, -0.2) is 17.9 Å². The fraction of sp³-hybridized carbons (Fsp3) is 0.222. The molecule has 0 saturated heterocycles. The van der Waals surface area contributed by atoms with Gasteiger partial charge in [0, 0.05) is 12.5 Å². The van der Waals surface area contributed by atoms with Gasteiger partial charge in [0.25, 0.3) is 0 Å². The Bertz CT molecular complexity index is 404. The summed E-state index contributed by atoms with van der Waals surface area (Å²) in [5.41, 5.74) is 5.84. The number of amidine groups is 1. The van der Waals surface area contributed by atoms with Gasteiger partial charge in [-0.3, -0.25) is 15.5 Å². The zero-order valence-electron chi connectivity index (χ0n) is 8.19. The van der Waals surface area contributed by atoms with Gasteiger partial charge in [-0.2, -0.15) is 0 Å². The summed E-state index contributed by atoms with van der Waals surface area (Å²) in [6.07, 6.45) is 0.258. The number of hydrogen-bond acceptors (Lipinski definition) is 4. The summed E-state index contributed by atoms with van der Waals surface area (Å²) in [5.74, 6) is 0.185. The van der Waals surface area contributed by atoms with Crippen LogP contribution in [0.2, 0.25) is 0 Å². The Labute approximate surface area is 86.3 Å². The predicted octanol–water partition coefficient (Wildman–Crippen LogP) is 1.08. The first-order valence-corrected chi connectivity index (χ1v) is 4.18. The van der Waals surface area contributed by atoms with Gasteiger partial charge in [-0.05, 0) is 11.6 Å². The number of nitrogens with one attached hydrogen (secondary N) is 1. The second-order valence-electron chi connectivity index (χ2n) is 2.97. The summed E-state index contributed by atoms with van der Waals surface area (Å²) in [6.45, 7) is 0. The SMILES string of the molecule is COc1cc(CC(=N)N)ccc1[N+](=O)[O-]. The lowest BCUT2D eigenvalue weighted by Gasteiger charge is -2.04. The van der Waals surface area contributed by atoms with Crippen molar-refractivity contribution in [1.29, 1.82) is 5.41 Å². The number of rotatable bonds is 4. The summed E-state index contributed by atoms with van der Waals surface area (Å²) in [5, 5.41) is 17.7. The predicted molar refractivity (Wildman–Crippen MR) is 55.3 cm³/mol. The molecule has 0 aliphatic rings. The lowest BCUT2D eigenvalue weighted by atomic mass is 10.1. The molecule has 15 heavy (non-hydrogen) atoms. The Morgan fingerprint density at radius 1 is 1.67 bits per heavy atom. The molecule has 0 aromatic heterocycles. The normalized spacial score (nSPS) is 9.67. The van der Waals surface area contributed by atoms with E-state index in [0.717, 1.165) is 0 Å². The first-order chi connectivity index (χ1) is 7.04. The summed E-state index contributed by atoms with van der Waals surface area (Å²) in [4.78, 5) is 10.1. The van der Waals surface area contributed by atoms with Crippen molar-refractivity contribution >= 4 is 11.5 Å². The maximum atomic E-state index is 10.6. The van der Waals surface area contributed by atoms with Crippen LogP contribution >= 0.6 is 0 Å². The van der Waals surface area contributed by atoms with E-state index >= 15 is 0 Å². The Hall–Kier alpha value is -2.11. The van der Waals surface area contributed by atoms with E-state index in [1.54, 1.807) is 6.07 Å². The quantitative estimate of drug-likeness (QED) is 0.335. The van der Waals surface area contributed by atoms with Crippen LogP contribution in [0.25, 0.3) is 0 Å². The molecule has 6 nitrogen and oxygen atoms in total. The highest BCUT2D eigenvalue weighted by Gasteiger charge is 2.14. The minimum atomic E-state index is -0.517. The van der Waals surface area contributed by atoms with Crippen molar-refractivity contribution in [2.24, 2.45) is 5.73 Å². The number of ether oxygens (including phenoxy) is 1. The molecule has 0 spiro atoms. The minimum Gasteiger partial charge on any atom is -0.490 e. The van der Waals surface area contributed by atoms with Crippen LogP contribution in [0.1, 0.15) is 5.56 Å². The number of nitro benzene ring substituents is 1. The molecule has 0 fully saturated rings. The molecule has 0 atom stereocenters. The molecular weight excluding hydrogens is 198 g/mol. The van der Waals surface area contributed by atoms with E-state index in [4.69, 9.17) is 15.9 Å². The number of methoxy groups -OCH3 is 1. The van der Waals surface area contributed by atoms with Gasteiger partial charge in [0.2, 0.25) is 0 Å². The van der Waals surface area contributed by atoms with Gasteiger partial charge < -0.3 is 10.5 Å². The molecule has 0 amide bonds. The molecule has 1 rings (SSSR count). The smallest absolute Gasteiger partial charge is 0.310 e. The van der Waals surface area contributed by atoms with Gasteiger partial charge in [-0.25, -0.2) is 0 Å². The second kappa shape index (κ2) is 4.41. The molecule has 1 aromatic carbocycles. The Morgan fingerprint density at radius 2 is 2.33 bits per heavy atom. The second-order valence-corrected chi connectivity index (χ2v) is 2.97. The number of hydrogen-bond donors (Lipinski definition) is 2. The molecule has 0 heterocycles. The first-order valence-electron chi connectivity index (χ1n) is 4.18. The largest absolute Gasteiger partial charge is 0.490 e. The molecule has 3 N–H and O–H groups in total. The number of benzene rings is 1. The van der Waals surface area contributed by atoms with E-state index in [9.17, 15) is 10.1 Å². The van der Waals surface area contributed by atoms with Crippen LogP contribution in [-0.2, 0) is 6.42 Å². The average molecular weight is 209 g/mol. The molecule has 0 radical (unpaired) electrons. The standard InChI is InChI=1S/C9H11N3O3/c1-15-8-4-6(5-9(10)11)2-3-7(8)12(13)14/h2-4H,5H2,1H3,(H3,10,11). The van der Waals surface area contributed by atoms with Gasteiger partial charge >= 0.3 is 5.69 Å². The van der Waals surface area contributed by atoms with Crippen molar-refractivity contribution in [2.75, 3.05) is 7.11 Å².